The quantitative estimate of drug-likeness (QED) is 0.773. The molecule has 0 fully saturated rings. The highest BCUT2D eigenvalue weighted by molar-refractivity contribution is 5.76. The Kier molecular flexibility index (Phi) is 4.53. The predicted molar refractivity (Wildman–Crippen MR) is 55.9 cm³/mol. The number of rotatable bonds is 4. The number of aliphatic hydroxyl groups is 1. The van der Waals surface area contributed by atoms with E-state index >= 15 is 0 Å². The lowest BCUT2D eigenvalue weighted by molar-refractivity contribution is -0.147. The van der Waals surface area contributed by atoms with Crippen LogP contribution < -0.4 is 5.73 Å². The minimum Gasteiger partial charge on any atom is -0.465 e. The fourth-order valence-electron chi connectivity index (χ4n) is 1.30. The summed E-state index contributed by atoms with van der Waals surface area (Å²) in [4.78, 5) is 11.2. The van der Waals surface area contributed by atoms with Crippen LogP contribution in [0.15, 0.2) is 18.2 Å². The lowest BCUT2D eigenvalue weighted by Crippen LogP contribution is -2.38. The summed E-state index contributed by atoms with van der Waals surface area (Å²) < 4.78 is 30.8. The van der Waals surface area contributed by atoms with Crippen molar-refractivity contribution in [2.24, 2.45) is 5.73 Å². The molecule has 0 amide bonds. The molecule has 17 heavy (non-hydrogen) atoms. The van der Waals surface area contributed by atoms with Crippen molar-refractivity contribution in [3.63, 3.8) is 0 Å². The van der Waals surface area contributed by atoms with Crippen molar-refractivity contribution in [2.75, 3.05) is 6.61 Å². The highest BCUT2D eigenvalue weighted by Gasteiger charge is 2.27. The smallest absolute Gasteiger partial charge is 0.325 e. The van der Waals surface area contributed by atoms with Crippen LogP contribution in [0.3, 0.4) is 0 Å². The first-order chi connectivity index (χ1) is 7.97. The summed E-state index contributed by atoms with van der Waals surface area (Å²) in [6.45, 7) is 1.66. The average molecular weight is 245 g/mol. The second kappa shape index (κ2) is 5.70. The number of esters is 1. The summed E-state index contributed by atoms with van der Waals surface area (Å²) in [5, 5.41) is 9.66. The fraction of sp³-hybridized carbons (Fsp3) is 0.364. The van der Waals surface area contributed by atoms with Crippen LogP contribution in [-0.2, 0) is 9.53 Å². The molecule has 0 aliphatic carbocycles. The third kappa shape index (κ3) is 3.21. The minimum atomic E-state index is -1.65. The molecule has 0 heterocycles. The first kappa shape index (κ1) is 13.5. The van der Waals surface area contributed by atoms with Gasteiger partial charge in [-0.3, -0.25) is 4.79 Å². The molecule has 0 bridgehead atoms. The topological polar surface area (TPSA) is 72.5 Å². The number of carbonyl (C=O) groups excluding carboxylic acids is 1. The van der Waals surface area contributed by atoms with Crippen molar-refractivity contribution in [3.8, 4) is 0 Å². The number of nitrogens with two attached hydrogens (primary N) is 1. The highest BCUT2D eigenvalue weighted by Crippen LogP contribution is 2.21. The van der Waals surface area contributed by atoms with Crippen molar-refractivity contribution < 1.29 is 23.4 Å². The second-order valence-corrected chi connectivity index (χ2v) is 3.39. The molecule has 0 aliphatic heterocycles. The van der Waals surface area contributed by atoms with Gasteiger partial charge in [0.1, 0.15) is 23.8 Å². The summed E-state index contributed by atoms with van der Waals surface area (Å²) >= 11 is 0. The van der Waals surface area contributed by atoms with E-state index in [-0.39, 0.29) is 12.2 Å². The standard InChI is InChI=1S/C11H13F2NO3/c1-2-17-11(16)9(14)10(15)7-5-6(12)3-4-8(7)13/h3-5,9-10,15H,2,14H2,1H3. The molecular weight excluding hydrogens is 232 g/mol. The van der Waals surface area contributed by atoms with Gasteiger partial charge < -0.3 is 15.6 Å². The molecule has 1 rings (SSSR count). The van der Waals surface area contributed by atoms with E-state index in [1.165, 1.54) is 0 Å². The molecular formula is C11H13F2NO3. The number of carbonyl (C=O) groups is 1. The van der Waals surface area contributed by atoms with Gasteiger partial charge in [0, 0.05) is 5.56 Å². The Morgan fingerprint density at radius 3 is 2.76 bits per heavy atom. The molecule has 0 saturated carbocycles. The van der Waals surface area contributed by atoms with Crippen molar-refractivity contribution >= 4 is 5.97 Å². The zero-order valence-electron chi connectivity index (χ0n) is 9.19. The molecule has 2 unspecified atom stereocenters. The van der Waals surface area contributed by atoms with Gasteiger partial charge in [0.05, 0.1) is 6.61 Å². The van der Waals surface area contributed by atoms with E-state index in [9.17, 15) is 18.7 Å². The van der Waals surface area contributed by atoms with Crippen molar-refractivity contribution in [1.82, 2.24) is 0 Å². The Balaban J connectivity index is 2.91. The lowest BCUT2D eigenvalue weighted by atomic mass is 10.0. The van der Waals surface area contributed by atoms with Gasteiger partial charge in [0.2, 0.25) is 0 Å². The van der Waals surface area contributed by atoms with Crippen molar-refractivity contribution in [1.29, 1.82) is 0 Å². The Morgan fingerprint density at radius 2 is 2.18 bits per heavy atom. The van der Waals surface area contributed by atoms with Crippen molar-refractivity contribution in [3.05, 3.63) is 35.4 Å². The van der Waals surface area contributed by atoms with Gasteiger partial charge in [-0.1, -0.05) is 0 Å². The van der Waals surface area contributed by atoms with Crippen LogP contribution in [0.25, 0.3) is 0 Å². The lowest BCUT2D eigenvalue weighted by Gasteiger charge is -2.18. The Bertz CT molecular complexity index is 412. The molecule has 0 spiro atoms. The maximum absolute atomic E-state index is 13.3. The van der Waals surface area contributed by atoms with Crippen LogP contribution in [0, 0.1) is 11.6 Å². The molecule has 0 aromatic heterocycles. The highest BCUT2D eigenvalue weighted by atomic mass is 19.1. The zero-order chi connectivity index (χ0) is 13.0. The summed E-state index contributed by atoms with van der Waals surface area (Å²) in [5.74, 6) is -2.43. The SMILES string of the molecule is CCOC(=O)C(N)C(O)c1cc(F)ccc1F. The molecule has 2 atom stereocenters. The number of hydrogen-bond acceptors (Lipinski definition) is 4. The van der Waals surface area contributed by atoms with Crippen LogP contribution >= 0.6 is 0 Å². The van der Waals surface area contributed by atoms with E-state index in [4.69, 9.17) is 5.73 Å². The summed E-state index contributed by atoms with van der Waals surface area (Å²) in [7, 11) is 0. The molecule has 0 aliphatic rings. The van der Waals surface area contributed by atoms with Crippen LogP contribution in [0.1, 0.15) is 18.6 Å². The van der Waals surface area contributed by atoms with Crippen molar-refractivity contribution in [2.45, 2.75) is 19.1 Å². The molecule has 4 nitrogen and oxygen atoms in total. The van der Waals surface area contributed by atoms with Gasteiger partial charge in [0.25, 0.3) is 0 Å². The van der Waals surface area contributed by atoms with E-state index in [2.05, 4.69) is 4.74 Å². The van der Waals surface area contributed by atoms with Crippen LogP contribution in [0.2, 0.25) is 0 Å². The first-order valence-electron chi connectivity index (χ1n) is 5.02. The first-order valence-corrected chi connectivity index (χ1v) is 5.02. The van der Waals surface area contributed by atoms with Crippen LogP contribution in [0.4, 0.5) is 8.78 Å². The Labute approximate surface area is 97.0 Å². The summed E-state index contributed by atoms with van der Waals surface area (Å²) in [6, 6.07) is 1.10. The third-order valence-corrected chi connectivity index (χ3v) is 2.18. The van der Waals surface area contributed by atoms with Gasteiger partial charge in [-0.2, -0.15) is 0 Å². The maximum Gasteiger partial charge on any atom is 0.325 e. The molecule has 1 aromatic rings. The van der Waals surface area contributed by atoms with E-state index in [0.717, 1.165) is 18.2 Å². The van der Waals surface area contributed by atoms with E-state index in [1.54, 1.807) is 6.92 Å². The molecule has 0 saturated heterocycles. The molecule has 6 heteroatoms. The van der Waals surface area contributed by atoms with E-state index < -0.39 is 29.7 Å². The Hall–Kier alpha value is -1.53. The summed E-state index contributed by atoms with van der Waals surface area (Å²) in [5.41, 5.74) is 5.01. The van der Waals surface area contributed by atoms with Crippen LogP contribution in [0.5, 0.6) is 0 Å². The van der Waals surface area contributed by atoms with Gasteiger partial charge in [-0.25, -0.2) is 8.78 Å². The van der Waals surface area contributed by atoms with E-state index in [0.29, 0.717) is 0 Å². The minimum absolute atomic E-state index is 0.0882. The monoisotopic (exact) mass is 245 g/mol. The van der Waals surface area contributed by atoms with Crippen LogP contribution in [-0.4, -0.2) is 23.7 Å². The van der Waals surface area contributed by atoms with Gasteiger partial charge in [0.15, 0.2) is 0 Å². The number of halogens is 2. The molecule has 0 radical (unpaired) electrons. The van der Waals surface area contributed by atoms with E-state index in [1.807, 2.05) is 0 Å². The largest absolute Gasteiger partial charge is 0.465 e. The second-order valence-electron chi connectivity index (χ2n) is 3.39. The zero-order valence-corrected chi connectivity index (χ0v) is 9.19. The van der Waals surface area contributed by atoms with Gasteiger partial charge in [-0.15, -0.1) is 0 Å². The molecule has 94 valence electrons. The number of hydrogen-bond donors (Lipinski definition) is 2. The predicted octanol–water partition coefficient (Wildman–Crippen LogP) is 0.889. The van der Waals surface area contributed by atoms with Gasteiger partial charge >= 0.3 is 5.97 Å². The average Bonchev–Trinajstić information content (AvgIpc) is 2.30. The normalized spacial score (nSPS) is 14.2. The fourth-order valence-corrected chi connectivity index (χ4v) is 1.30. The third-order valence-electron chi connectivity index (χ3n) is 2.18. The number of benzene rings is 1. The number of ether oxygens (including phenoxy) is 1. The Morgan fingerprint density at radius 1 is 1.53 bits per heavy atom. The molecule has 1 aromatic carbocycles. The number of aliphatic hydroxyl groups excluding tert-OH is 1. The molecule has 3 N–H and O–H groups in total. The maximum atomic E-state index is 13.3. The summed E-state index contributed by atoms with van der Waals surface area (Å²) in [6.07, 6.45) is -1.65. The van der Waals surface area contributed by atoms with Gasteiger partial charge in [-0.05, 0) is 25.1 Å².